The zero-order valence-corrected chi connectivity index (χ0v) is 8.61. The van der Waals surface area contributed by atoms with E-state index >= 15 is 0 Å². The van der Waals surface area contributed by atoms with Gasteiger partial charge >= 0.3 is 0 Å². The first-order valence-electron chi connectivity index (χ1n) is 5.33. The van der Waals surface area contributed by atoms with Gasteiger partial charge in [-0.05, 0) is 19.9 Å². The van der Waals surface area contributed by atoms with Crippen molar-refractivity contribution >= 4 is 5.91 Å². The molecule has 0 radical (unpaired) electrons. The first-order valence-corrected chi connectivity index (χ1v) is 5.33. The molecular weight excluding hydrogens is 180 g/mol. The van der Waals surface area contributed by atoms with E-state index in [1.54, 1.807) is 0 Å². The van der Waals surface area contributed by atoms with E-state index in [0.717, 1.165) is 26.1 Å². The maximum Gasteiger partial charge on any atom is 0.228 e. The molecule has 1 amide bonds. The Balaban J connectivity index is 1.84. The summed E-state index contributed by atoms with van der Waals surface area (Å²) in [7, 11) is 0. The highest BCUT2D eigenvalue weighted by atomic mass is 16.5. The monoisotopic (exact) mass is 198 g/mol. The van der Waals surface area contributed by atoms with Gasteiger partial charge in [0.15, 0.2) is 0 Å². The molecule has 0 aromatic heterocycles. The highest BCUT2D eigenvalue weighted by molar-refractivity contribution is 5.80. The molecule has 2 unspecified atom stereocenters. The summed E-state index contributed by atoms with van der Waals surface area (Å²) in [6, 6.07) is 0. The molecule has 0 bridgehead atoms. The van der Waals surface area contributed by atoms with Crippen molar-refractivity contribution in [2.75, 3.05) is 26.2 Å². The van der Waals surface area contributed by atoms with Gasteiger partial charge in [-0.2, -0.15) is 0 Å². The number of carbonyl (C=O) groups is 1. The van der Waals surface area contributed by atoms with Crippen LogP contribution < -0.4 is 5.73 Å². The number of rotatable bonds is 2. The van der Waals surface area contributed by atoms with Crippen molar-refractivity contribution in [1.29, 1.82) is 0 Å². The number of nitrogens with two attached hydrogens (primary N) is 1. The van der Waals surface area contributed by atoms with Crippen LogP contribution in [0.5, 0.6) is 0 Å². The predicted octanol–water partition coefficient (Wildman–Crippen LogP) is -0.171. The zero-order chi connectivity index (χ0) is 10.1. The lowest BCUT2D eigenvalue weighted by Crippen LogP contribution is -2.55. The second-order valence-corrected chi connectivity index (χ2v) is 4.32. The van der Waals surface area contributed by atoms with Gasteiger partial charge < -0.3 is 15.4 Å². The quantitative estimate of drug-likeness (QED) is 0.670. The van der Waals surface area contributed by atoms with Crippen LogP contribution in [-0.4, -0.2) is 43.2 Å². The summed E-state index contributed by atoms with van der Waals surface area (Å²) in [5.74, 6) is 0.880. The molecule has 4 heteroatoms. The van der Waals surface area contributed by atoms with Gasteiger partial charge in [-0.1, -0.05) is 0 Å². The number of carbonyl (C=O) groups excluding carboxylic acids is 1. The molecule has 0 aromatic rings. The second kappa shape index (κ2) is 3.87. The predicted molar refractivity (Wildman–Crippen MR) is 52.6 cm³/mol. The van der Waals surface area contributed by atoms with Crippen LogP contribution >= 0.6 is 0 Å². The van der Waals surface area contributed by atoms with Gasteiger partial charge in [-0.15, -0.1) is 0 Å². The fourth-order valence-corrected chi connectivity index (χ4v) is 2.19. The van der Waals surface area contributed by atoms with Crippen LogP contribution in [0.2, 0.25) is 0 Å². The Kier molecular flexibility index (Phi) is 2.74. The number of nitrogens with zero attached hydrogens (tertiary/aromatic N) is 1. The lowest BCUT2D eigenvalue weighted by Gasteiger charge is -2.40. The smallest absolute Gasteiger partial charge is 0.228 e. The first-order chi connectivity index (χ1) is 6.72. The second-order valence-electron chi connectivity index (χ2n) is 4.32. The maximum atomic E-state index is 11.9. The number of likely N-dealkylation sites (tertiary alicyclic amines) is 1. The first kappa shape index (κ1) is 9.93. The maximum absolute atomic E-state index is 11.9. The Morgan fingerprint density at radius 1 is 1.57 bits per heavy atom. The minimum Gasteiger partial charge on any atom is -0.378 e. The van der Waals surface area contributed by atoms with Crippen molar-refractivity contribution in [2.24, 2.45) is 17.6 Å². The SMILES string of the molecule is CC1OCCC1C(=O)N1CC(CN)C1. The van der Waals surface area contributed by atoms with Crippen molar-refractivity contribution in [3.8, 4) is 0 Å². The highest BCUT2D eigenvalue weighted by Crippen LogP contribution is 2.26. The van der Waals surface area contributed by atoms with Gasteiger partial charge in [0.05, 0.1) is 12.0 Å². The molecule has 14 heavy (non-hydrogen) atoms. The normalized spacial score (nSPS) is 33.1. The largest absolute Gasteiger partial charge is 0.378 e. The minimum absolute atomic E-state index is 0.0914. The van der Waals surface area contributed by atoms with Gasteiger partial charge in [-0.3, -0.25) is 4.79 Å². The number of amides is 1. The van der Waals surface area contributed by atoms with Crippen molar-refractivity contribution < 1.29 is 9.53 Å². The average Bonchev–Trinajstić information content (AvgIpc) is 2.49. The summed E-state index contributed by atoms with van der Waals surface area (Å²) in [6.07, 6.45) is 0.975. The Labute approximate surface area is 84.4 Å². The molecule has 2 aliphatic rings. The summed E-state index contributed by atoms with van der Waals surface area (Å²) >= 11 is 0. The van der Waals surface area contributed by atoms with E-state index in [0.29, 0.717) is 12.5 Å². The molecule has 0 spiro atoms. The Hall–Kier alpha value is -0.610. The lowest BCUT2D eigenvalue weighted by molar-refractivity contribution is -0.143. The van der Waals surface area contributed by atoms with E-state index in [4.69, 9.17) is 10.5 Å². The molecule has 2 atom stereocenters. The van der Waals surface area contributed by atoms with Crippen molar-refractivity contribution in [3.05, 3.63) is 0 Å². The van der Waals surface area contributed by atoms with E-state index < -0.39 is 0 Å². The summed E-state index contributed by atoms with van der Waals surface area (Å²) < 4.78 is 5.39. The summed E-state index contributed by atoms with van der Waals surface area (Å²) in [5, 5.41) is 0. The number of ether oxygens (including phenoxy) is 1. The van der Waals surface area contributed by atoms with Crippen LogP contribution in [0.3, 0.4) is 0 Å². The fraction of sp³-hybridized carbons (Fsp3) is 0.900. The lowest BCUT2D eigenvalue weighted by atomic mass is 9.94. The molecule has 80 valence electrons. The minimum atomic E-state index is 0.0914. The van der Waals surface area contributed by atoms with Gasteiger partial charge in [-0.25, -0.2) is 0 Å². The Morgan fingerprint density at radius 2 is 2.29 bits per heavy atom. The van der Waals surface area contributed by atoms with Crippen LogP contribution in [-0.2, 0) is 9.53 Å². The third-order valence-corrected chi connectivity index (χ3v) is 3.30. The van der Waals surface area contributed by atoms with Crippen LogP contribution in [0.4, 0.5) is 0 Å². The summed E-state index contributed by atoms with van der Waals surface area (Å²) in [6.45, 7) is 5.10. The molecule has 2 rings (SSSR count). The van der Waals surface area contributed by atoms with Gasteiger partial charge in [0.2, 0.25) is 5.91 Å². The Bertz CT molecular complexity index is 226. The van der Waals surface area contributed by atoms with Crippen molar-refractivity contribution in [1.82, 2.24) is 4.90 Å². The van der Waals surface area contributed by atoms with E-state index in [-0.39, 0.29) is 17.9 Å². The molecule has 2 fully saturated rings. The van der Waals surface area contributed by atoms with Crippen molar-refractivity contribution in [2.45, 2.75) is 19.4 Å². The van der Waals surface area contributed by atoms with E-state index in [9.17, 15) is 4.79 Å². The molecule has 0 saturated carbocycles. The fourth-order valence-electron chi connectivity index (χ4n) is 2.19. The molecule has 4 nitrogen and oxygen atoms in total. The van der Waals surface area contributed by atoms with E-state index in [1.807, 2.05) is 11.8 Å². The van der Waals surface area contributed by atoms with Crippen LogP contribution in [0.15, 0.2) is 0 Å². The number of hydrogen-bond donors (Lipinski definition) is 1. The topological polar surface area (TPSA) is 55.6 Å². The molecule has 0 aliphatic carbocycles. The summed E-state index contributed by atoms with van der Waals surface area (Å²) in [4.78, 5) is 13.8. The third-order valence-electron chi connectivity index (χ3n) is 3.30. The molecular formula is C10H18N2O2. The van der Waals surface area contributed by atoms with E-state index in [2.05, 4.69) is 0 Å². The van der Waals surface area contributed by atoms with Crippen LogP contribution in [0, 0.1) is 11.8 Å². The molecule has 2 heterocycles. The Morgan fingerprint density at radius 3 is 2.79 bits per heavy atom. The van der Waals surface area contributed by atoms with Crippen LogP contribution in [0.25, 0.3) is 0 Å². The van der Waals surface area contributed by atoms with Crippen LogP contribution in [0.1, 0.15) is 13.3 Å². The molecule has 2 saturated heterocycles. The van der Waals surface area contributed by atoms with Crippen molar-refractivity contribution in [3.63, 3.8) is 0 Å². The van der Waals surface area contributed by atoms with E-state index in [1.165, 1.54) is 0 Å². The standard InChI is InChI=1S/C10H18N2O2/c1-7-9(2-3-14-7)10(13)12-5-8(4-11)6-12/h7-9H,2-6,11H2,1H3. The number of hydrogen-bond acceptors (Lipinski definition) is 3. The zero-order valence-electron chi connectivity index (χ0n) is 8.61. The molecule has 2 N–H and O–H groups in total. The third kappa shape index (κ3) is 1.64. The van der Waals surface area contributed by atoms with Gasteiger partial charge in [0.25, 0.3) is 0 Å². The summed E-state index contributed by atoms with van der Waals surface area (Å²) in [5.41, 5.74) is 5.51. The van der Waals surface area contributed by atoms with Gasteiger partial charge in [0, 0.05) is 25.6 Å². The van der Waals surface area contributed by atoms with Gasteiger partial charge in [0.1, 0.15) is 0 Å². The molecule has 0 aromatic carbocycles. The molecule has 2 aliphatic heterocycles. The average molecular weight is 198 g/mol. The highest BCUT2D eigenvalue weighted by Gasteiger charge is 2.38.